The van der Waals surface area contributed by atoms with Gasteiger partial charge in [0.25, 0.3) is 5.56 Å². The summed E-state index contributed by atoms with van der Waals surface area (Å²) in [4.78, 5) is 25.0. The zero-order valence-electron chi connectivity index (χ0n) is 17.0. The van der Waals surface area contributed by atoms with Crippen LogP contribution in [0.25, 0.3) is 44.3 Å². The second kappa shape index (κ2) is 7.57. The number of H-pyrrole nitrogens is 1. The van der Waals surface area contributed by atoms with Crippen molar-refractivity contribution in [3.63, 3.8) is 0 Å². The minimum Gasteiger partial charge on any atom is -0.493 e. The third kappa shape index (κ3) is 3.28. The Hall–Kier alpha value is -4.19. The Kier molecular flexibility index (Phi) is 4.59. The predicted molar refractivity (Wildman–Crippen MR) is 122 cm³/mol. The van der Waals surface area contributed by atoms with E-state index in [4.69, 9.17) is 9.47 Å². The van der Waals surface area contributed by atoms with E-state index >= 15 is 0 Å². The predicted octanol–water partition coefficient (Wildman–Crippen LogP) is 4.82. The largest absolute Gasteiger partial charge is 0.493 e. The lowest BCUT2D eigenvalue weighted by Crippen LogP contribution is -2.09. The van der Waals surface area contributed by atoms with Crippen molar-refractivity contribution in [2.45, 2.75) is 0 Å². The number of aromatic amines is 1. The van der Waals surface area contributed by atoms with E-state index in [1.807, 2.05) is 66.7 Å². The van der Waals surface area contributed by atoms with Gasteiger partial charge in [0.05, 0.1) is 30.8 Å². The highest BCUT2D eigenvalue weighted by molar-refractivity contribution is 5.98. The fraction of sp³-hybridized carbons (Fsp3) is 0.0800. The molecule has 6 heteroatoms. The molecular formula is C25H19N3O3. The number of nitrogens with zero attached hydrogens (tertiary/aromatic N) is 2. The molecule has 152 valence electrons. The van der Waals surface area contributed by atoms with Gasteiger partial charge in [-0.15, -0.1) is 0 Å². The van der Waals surface area contributed by atoms with Crippen LogP contribution in [0.4, 0.5) is 0 Å². The van der Waals surface area contributed by atoms with Crippen molar-refractivity contribution in [3.8, 4) is 34.1 Å². The van der Waals surface area contributed by atoms with Crippen LogP contribution in [0.15, 0.2) is 77.7 Å². The van der Waals surface area contributed by atoms with Crippen molar-refractivity contribution in [1.29, 1.82) is 0 Å². The third-order valence-corrected chi connectivity index (χ3v) is 5.29. The molecule has 0 radical (unpaired) electrons. The molecule has 3 aromatic carbocycles. The number of benzene rings is 3. The number of aromatic nitrogens is 3. The number of rotatable bonds is 4. The smallest absolute Gasteiger partial charge is 0.259 e. The Morgan fingerprint density at radius 2 is 1.58 bits per heavy atom. The molecule has 5 rings (SSSR count). The monoisotopic (exact) mass is 409 g/mol. The van der Waals surface area contributed by atoms with Crippen molar-refractivity contribution in [2.24, 2.45) is 0 Å². The van der Waals surface area contributed by atoms with E-state index in [0.29, 0.717) is 28.2 Å². The third-order valence-electron chi connectivity index (χ3n) is 5.29. The van der Waals surface area contributed by atoms with E-state index in [1.54, 1.807) is 20.4 Å². The molecule has 2 heterocycles. The molecule has 0 aliphatic heterocycles. The standard InChI is InChI=1S/C25H19N3O3/c1-30-21-13-16-10-11-26-23(18(16)14-22(21)31-2)17-8-9-20-19(12-17)25(29)28-24(27-20)15-6-4-3-5-7-15/h3-14H,1-2H3,(H,27,28,29). The number of pyridine rings is 1. The molecule has 0 saturated heterocycles. The van der Waals surface area contributed by atoms with E-state index in [0.717, 1.165) is 27.6 Å². The van der Waals surface area contributed by atoms with Crippen LogP contribution in [0.3, 0.4) is 0 Å². The number of methoxy groups -OCH3 is 2. The van der Waals surface area contributed by atoms with Gasteiger partial charge in [0.2, 0.25) is 0 Å². The van der Waals surface area contributed by atoms with Gasteiger partial charge in [-0.1, -0.05) is 36.4 Å². The fourth-order valence-corrected chi connectivity index (χ4v) is 3.75. The summed E-state index contributed by atoms with van der Waals surface area (Å²) in [5, 5.41) is 2.38. The Morgan fingerprint density at radius 3 is 2.35 bits per heavy atom. The molecule has 0 saturated carbocycles. The maximum absolute atomic E-state index is 12.9. The summed E-state index contributed by atoms with van der Waals surface area (Å²) in [6, 6.07) is 20.9. The Morgan fingerprint density at radius 1 is 0.806 bits per heavy atom. The normalized spacial score (nSPS) is 11.0. The van der Waals surface area contributed by atoms with Gasteiger partial charge in [0, 0.05) is 22.7 Å². The molecule has 2 aromatic heterocycles. The molecule has 5 aromatic rings. The quantitative estimate of drug-likeness (QED) is 0.460. The van der Waals surface area contributed by atoms with E-state index in [-0.39, 0.29) is 5.56 Å². The summed E-state index contributed by atoms with van der Waals surface area (Å²) >= 11 is 0. The van der Waals surface area contributed by atoms with Gasteiger partial charge in [-0.2, -0.15) is 0 Å². The second-order valence-electron chi connectivity index (χ2n) is 7.10. The van der Waals surface area contributed by atoms with E-state index in [1.165, 1.54) is 0 Å². The van der Waals surface area contributed by atoms with Gasteiger partial charge in [0.1, 0.15) is 5.82 Å². The minimum atomic E-state index is -0.190. The number of hydrogen-bond donors (Lipinski definition) is 1. The lowest BCUT2D eigenvalue weighted by molar-refractivity contribution is 0.356. The van der Waals surface area contributed by atoms with Crippen LogP contribution in [0.5, 0.6) is 11.5 Å². The molecule has 31 heavy (non-hydrogen) atoms. The maximum Gasteiger partial charge on any atom is 0.259 e. The van der Waals surface area contributed by atoms with Crippen molar-refractivity contribution in [2.75, 3.05) is 14.2 Å². The number of ether oxygens (including phenoxy) is 2. The Bertz CT molecular complexity index is 1480. The number of fused-ring (bicyclic) bond motifs is 2. The fourth-order valence-electron chi connectivity index (χ4n) is 3.75. The summed E-state index contributed by atoms with van der Waals surface area (Å²) in [5.41, 5.74) is 2.88. The van der Waals surface area contributed by atoms with E-state index in [2.05, 4.69) is 15.0 Å². The second-order valence-corrected chi connectivity index (χ2v) is 7.10. The first-order valence-corrected chi connectivity index (χ1v) is 9.78. The lowest BCUT2D eigenvalue weighted by Gasteiger charge is -2.12. The average Bonchev–Trinajstić information content (AvgIpc) is 2.83. The summed E-state index contributed by atoms with van der Waals surface area (Å²) in [5.74, 6) is 1.82. The first-order valence-electron chi connectivity index (χ1n) is 9.78. The van der Waals surface area contributed by atoms with Gasteiger partial charge in [-0.3, -0.25) is 9.78 Å². The summed E-state index contributed by atoms with van der Waals surface area (Å²) < 4.78 is 10.9. The van der Waals surface area contributed by atoms with E-state index in [9.17, 15) is 4.79 Å². The summed E-state index contributed by atoms with van der Waals surface area (Å²) in [6.45, 7) is 0. The van der Waals surface area contributed by atoms with Crippen LogP contribution in [-0.4, -0.2) is 29.2 Å². The van der Waals surface area contributed by atoms with Gasteiger partial charge >= 0.3 is 0 Å². The van der Waals surface area contributed by atoms with Crippen LogP contribution in [-0.2, 0) is 0 Å². The molecule has 1 N–H and O–H groups in total. The van der Waals surface area contributed by atoms with E-state index < -0.39 is 0 Å². The highest BCUT2D eigenvalue weighted by Gasteiger charge is 2.13. The molecule has 0 spiro atoms. The topological polar surface area (TPSA) is 77.1 Å². The molecule has 6 nitrogen and oxygen atoms in total. The number of nitrogens with one attached hydrogen (secondary N) is 1. The average molecular weight is 409 g/mol. The molecule has 0 unspecified atom stereocenters. The molecule has 0 atom stereocenters. The van der Waals surface area contributed by atoms with Gasteiger partial charge in [-0.25, -0.2) is 4.98 Å². The first-order chi connectivity index (χ1) is 15.2. The van der Waals surface area contributed by atoms with Crippen LogP contribution in [0.2, 0.25) is 0 Å². The Labute approximate surface area is 178 Å². The van der Waals surface area contributed by atoms with Crippen molar-refractivity contribution in [1.82, 2.24) is 15.0 Å². The Balaban J connectivity index is 1.68. The van der Waals surface area contributed by atoms with Crippen LogP contribution in [0, 0.1) is 0 Å². The molecule has 0 bridgehead atoms. The van der Waals surface area contributed by atoms with Crippen LogP contribution < -0.4 is 15.0 Å². The zero-order chi connectivity index (χ0) is 21.4. The highest BCUT2D eigenvalue weighted by Crippen LogP contribution is 2.36. The molecular weight excluding hydrogens is 390 g/mol. The van der Waals surface area contributed by atoms with Crippen molar-refractivity contribution < 1.29 is 9.47 Å². The SMILES string of the molecule is COc1cc2ccnc(-c3ccc4nc(-c5ccccc5)[nH]c(=O)c4c3)c2cc1OC. The molecule has 0 aliphatic carbocycles. The number of hydrogen-bond acceptors (Lipinski definition) is 5. The molecule has 0 fully saturated rings. The summed E-state index contributed by atoms with van der Waals surface area (Å²) in [6.07, 6.45) is 1.74. The summed E-state index contributed by atoms with van der Waals surface area (Å²) in [7, 11) is 3.21. The first kappa shape index (κ1) is 18.8. The molecule has 0 amide bonds. The maximum atomic E-state index is 12.9. The minimum absolute atomic E-state index is 0.190. The van der Waals surface area contributed by atoms with Gasteiger partial charge in [0.15, 0.2) is 11.5 Å². The van der Waals surface area contributed by atoms with Crippen molar-refractivity contribution >= 4 is 21.7 Å². The zero-order valence-corrected chi connectivity index (χ0v) is 17.0. The van der Waals surface area contributed by atoms with Crippen LogP contribution >= 0.6 is 0 Å². The van der Waals surface area contributed by atoms with Crippen LogP contribution in [0.1, 0.15) is 0 Å². The van der Waals surface area contributed by atoms with Crippen molar-refractivity contribution in [3.05, 3.63) is 83.3 Å². The highest BCUT2D eigenvalue weighted by atomic mass is 16.5. The van der Waals surface area contributed by atoms with Gasteiger partial charge in [-0.05, 0) is 35.7 Å². The molecule has 0 aliphatic rings. The van der Waals surface area contributed by atoms with Gasteiger partial charge < -0.3 is 14.5 Å². The lowest BCUT2D eigenvalue weighted by atomic mass is 10.0.